The summed E-state index contributed by atoms with van der Waals surface area (Å²) in [5, 5.41) is 11.8. The number of aryl methyl sites for hydroxylation is 1. The van der Waals surface area contributed by atoms with Crippen LogP contribution in [0.25, 0.3) is 0 Å². The lowest BCUT2D eigenvalue weighted by atomic mass is 10.2. The minimum absolute atomic E-state index is 0.202. The molecule has 0 saturated carbocycles. The first-order chi connectivity index (χ1) is 9.51. The first kappa shape index (κ1) is 16.6. The summed E-state index contributed by atoms with van der Waals surface area (Å²) >= 11 is 0. The van der Waals surface area contributed by atoms with Crippen LogP contribution >= 0.6 is 0 Å². The van der Waals surface area contributed by atoms with Crippen LogP contribution in [-0.4, -0.2) is 41.8 Å². The number of ether oxygens (including phenoxy) is 1. The molecule has 0 spiro atoms. The van der Waals surface area contributed by atoms with Crippen molar-refractivity contribution in [3.05, 3.63) is 29.3 Å². The van der Waals surface area contributed by atoms with Crippen molar-refractivity contribution in [2.24, 2.45) is 0 Å². The Morgan fingerprint density at radius 2 is 2.05 bits per heavy atom. The van der Waals surface area contributed by atoms with E-state index in [0.717, 1.165) is 0 Å². The maximum atomic E-state index is 12.1. The Morgan fingerprint density at radius 1 is 1.30 bits per heavy atom. The van der Waals surface area contributed by atoms with Gasteiger partial charge in [-0.05, 0) is 30.7 Å². The van der Waals surface area contributed by atoms with E-state index in [1.54, 1.807) is 20.1 Å². The van der Waals surface area contributed by atoms with Gasteiger partial charge in [-0.25, -0.2) is 13.1 Å². The van der Waals surface area contributed by atoms with Crippen LogP contribution in [0.15, 0.2) is 23.1 Å². The Bertz CT molecular complexity index is 579. The zero-order valence-electron chi connectivity index (χ0n) is 11.6. The molecule has 0 heterocycles. The van der Waals surface area contributed by atoms with E-state index in [9.17, 15) is 8.42 Å². The molecule has 0 saturated heterocycles. The fraction of sp³-hybridized carbons (Fsp3) is 0.462. The maximum Gasteiger partial charge on any atom is 0.240 e. The SMILES string of the molecule is COCCNCCNS(=O)(=O)c1ccc(C#N)cc1C. The van der Waals surface area contributed by atoms with Crippen molar-refractivity contribution in [2.75, 3.05) is 33.4 Å². The molecule has 0 unspecified atom stereocenters. The molecule has 1 aromatic carbocycles. The fourth-order valence-electron chi connectivity index (χ4n) is 1.67. The summed E-state index contributed by atoms with van der Waals surface area (Å²) in [6.07, 6.45) is 0. The summed E-state index contributed by atoms with van der Waals surface area (Å²) in [5.41, 5.74) is 1.01. The van der Waals surface area contributed by atoms with Crippen LogP contribution < -0.4 is 10.0 Å². The number of sulfonamides is 1. The van der Waals surface area contributed by atoms with Crippen molar-refractivity contribution in [2.45, 2.75) is 11.8 Å². The normalized spacial score (nSPS) is 11.2. The third-order valence-electron chi connectivity index (χ3n) is 2.67. The number of nitrogens with zero attached hydrogens (tertiary/aromatic N) is 1. The topological polar surface area (TPSA) is 91.2 Å². The van der Waals surface area contributed by atoms with E-state index in [0.29, 0.717) is 37.4 Å². The highest BCUT2D eigenvalue weighted by atomic mass is 32.2. The minimum Gasteiger partial charge on any atom is -0.383 e. The van der Waals surface area contributed by atoms with Crippen molar-refractivity contribution in [3.63, 3.8) is 0 Å². The van der Waals surface area contributed by atoms with E-state index in [1.165, 1.54) is 12.1 Å². The van der Waals surface area contributed by atoms with Gasteiger partial charge in [0.1, 0.15) is 0 Å². The monoisotopic (exact) mass is 297 g/mol. The van der Waals surface area contributed by atoms with Crippen LogP contribution in [0, 0.1) is 18.3 Å². The first-order valence-electron chi connectivity index (χ1n) is 6.21. The zero-order chi connectivity index (χ0) is 15.0. The second-order valence-corrected chi connectivity index (χ2v) is 5.97. The Labute approximate surface area is 119 Å². The molecule has 0 atom stereocenters. The molecule has 0 aliphatic carbocycles. The molecular formula is C13H19N3O3S. The lowest BCUT2D eigenvalue weighted by molar-refractivity contribution is 0.199. The molecule has 0 bridgehead atoms. The van der Waals surface area contributed by atoms with Crippen molar-refractivity contribution in [3.8, 4) is 6.07 Å². The lowest BCUT2D eigenvalue weighted by Crippen LogP contribution is -2.33. The number of methoxy groups -OCH3 is 1. The summed E-state index contributed by atoms with van der Waals surface area (Å²) in [6.45, 7) is 3.76. The molecule has 0 fully saturated rings. The summed E-state index contributed by atoms with van der Waals surface area (Å²) in [4.78, 5) is 0.202. The molecule has 0 amide bonds. The van der Waals surface area contributed by atoms with E-state index in [-0.39, 0.29) is 4.90 Å². The maximum absolute atomic E-state index is 12.1. The Balaban J connectivity index is 2.59. The van der Waals surface area contributed by atoms with E-state index < -0.39 is 10.0 Å². The van der Waals surface area contributed by atoms with Crippen LogP contribution in [-0.2, 0) is 14.8 Å². The van der Waals surface area contributed by atoms with Crippen molar-refractivity contribution < 1.29 is 13.2 Å². The van der Waals surface area contributed by atoms with Gasteiger partial charge in [0.2, 0.25) is 10.0 Å². The molecule has 0 aromatic heterocycles. The van der Waals surface area contributed by atoms with Gasteiger partial charge in [0, 0.05) is 26.7 Å². The largest absolute Gasteiger partial charge is 0.383 e. The molecule has 20 heavy (non-hydrogen) atoms. The summed E-state index contributed by atoms with van der Waals surface area (Å²) in [7, 11) is -1.93. The Hall–Kier alpha value is -1.46. The molecule has 6 nitrogen and oxygen atoms in total. The third-order valence-corrected chi connectivity index (χ3v) is 4.29. The van der Waals surface area contributed by atoms with Gasteiger partial charge >= 0.3 is 0 Å². The first-order valence-corrected chi connectivity index (χ1v) is 7.69. The summed E-state index contributed by atoms with van der Waals surface area (Å²) in [6, 6.07) is 6.49. The second kappa shape index (κ2) is 7.97. The quantitative estimate of drug-likeness (QED) is 0.677. The average Bonchev–Trinajstić information content (AvgIpc) is 2.42. The smallest absolute Gasteiger partial charge is 0.240 e. The second-order valence-electron chi connectivity index (χ2n) is 4.23. The van der Waals surface area contributed by atoms with Crippen LogP contribution in [0.3, 0.4) is 0 Å². The van der Waals surface area contributed by atoms with Gasteiger partial charge in [0.05, 0.1) is 23.1 Å². The van der Waals surface area contributed by atoms with Crippen molar-refractivity contribution >= 4 is 10.0 Å². The molecule has 1 rings (SSSR count). The number of hydrogen-bond donors (Lipinski definition) is 2. The van der Waals surface area contributed by atoms with E-state index in [4.69, 9.17) is 10.00 Å². The van der Waals surface area contributed by atoms with Gasteiger partial charge in [-0.15, -0.1) is 0 Å². The Kier molecular flexibility index (Phi) is 6.61. The van der Waals surface area contributed by atoms with E-state index in [2.05, 4.69) is 10.0 Å². The molecule has 0 aliphatic heterocycles. The van der Waals surface area contributed by atoms with Crippen molar-refractivity contribution in [1.29, 1.82) is 5.26 Å². The highest BCUT2D eigenvalue weighted by molar-refractivity contribution is 7.89. The predicted molar refractivity (Wildman–Crippen MR) is 75.8 cm³/mol. The number of nitriles is 1. The summed E-state index contributed by atoms with van der Waals surface area (Å²) < 4.78 is 31.6. The van der Waals surface area contributed by atoms with Crippen LogP contribution in [0.2, 0.25) is 0 Å². The van der Waals surface area contributed by atoms with E-state index in [1.807, 2.05) is 6.07 Å². The summed E-state index contributed by atoms with van der Waals surface area (Å²) in [5.74, 6) is 0. The van der Waals surface area contributed by atoms with Gasteiger partial charge in [0.15, 0.2) is 0 Å². The Morgan fingerprint density at radius 3 is 2.65 bits per heavy atom. The van der Waals surface area contributed by atoms with Gasteiger partial charge in [-0.2, -0.15) is 5.26 Å². The highest BCUT2D eigenvalue weighted by Crippen LogP contribution is 2.15. The number of rotatable bonds is 8. The highest BCUT2D eigenvalue weighted by Gasteiger charge is 2.16. The van der Waals surface area contributed by atoms with Crippen molar-refractivity contribution in [1.82, 2.24) is 10.0 Å². The van der Waals surface area contributed by atoms with Gasteiger partial charge in [-0.1, -0.05) is 0 Å². The van der Waals surface area contributed by atoms with Gasteiger partial charge in [0.25, 0.3) is 0 Å². The predicted octanol–water partition coefficient (Wildman–Crippen LogP) is 0.381. The molecule has 0 aliphatic rings. The number of hydrogen-bond acceptors (Lipinski definition) is 5. The molecule has 2 N–H and O–H groups in total. The zero-order valence-corrected chi connectivity index (χ0v) is 12.5. The molecule has 1 aromatic rings. The molecule has 110 valence electrons. The van der Waals surface area contributed by atoms with Crippen LogP contribution in [0.1, 0.15) is 11.1 Å². The van der Waals surface area contributed by atoms with Crippen LogP contribution in [0.5, 0.6) is 0 Å². The molecular weight excluding hydrogens is 278 g/mol. The fourth-order valence-corrected chi connectivity index (χ4v) is 2.93. The van der Waals surface area contributed by atoms with Gasteiger partial charge < -0.3 is 10.1 Å². The lowest BCUT2D eigenvalue weighted by Gasteiger charge is -2.10. The standard InChI is InChI=1S/C13H19N3O3S/c1-11-9-12(10-14)3-4-13(11)20(17,18)16-6-5-15-7-8-19-2/h3-4,9,15-16H,5-8H2,1-2H3. The van der Waals surface area contributed by atoms with Gasteiger partial charge in [-0.3, -0.25) is 0 Å². The van der Waals surface area contributed by atoms with E-state index >= 15 is 0 Å². The molecule has 0 radical (unpaired) electrons. The third kappa shape index (κ3) is 4.90. The number of benzene rings is 1. The minimum atomic E-state index is -3.54. The van der Waals surface area contributed by atoms with Crippen LogP contribution in [0.4, 0.5) is 0 Å². The average molecular weight is 297 g/mol. The number of nitrogens with one attached hydrogen (secondary N) is 2. The molecule has 7 heteroatoms.